The zero-order valence-electron chi connectivity index (χ0n) is 7.31. The Morgan fingerprint density at radius 1 is 1.64 bits per heavy atom. The molecular formula is C7H7N5OS. The summed E-state index contributed by atoms with van der Waals surface area (Å²) in [5.41, 5.74) is 0. The number of aromatic nitrogens is 4. The van der Waals surface area contributed by atoms with Crippen LogP contribution < -0.4 is 5.32 Å². The van der Waals surface area contributed by atoms with Crippen molar-refractivity contribution >= 4 is 22.4 Å². The Hall–Kier alpha value is -1.76. The summed E-state index contributed by atoms with van der Waals surface area (Å²) in [6, 6.07) is 0. The number of amides is 1. The molecule has 0 aromatic carbocycles. The molecule has 0 saturated carbocycles. The van der Waals surface area contributed by atoms with Crippen molar-refractivity contribution in [1.29, 1.82) is 0 Å². The van der Waals surface area contributed by atoms with Gasteiger partial charge in [0.15, 0.2) is 5.13 Å². The zero-order chi connectivity index (χ0) is 9.97. The number of nitrogens with zero attached hydrogens (tertiary/aromatic N) is 3. The van der Waals surface area contributed by atoms with Gasteiger partial charge in [-0.25, -0.2) is 9.97 Å². The molecular weight excluding hydrogens is 202 g/mol. The molecule has 7 heteroatoms. The molecule has 2 aromatic heterocycles. The molecule has 0 spiro atoms. The number of aryl methyl sites for hydroxylation is 1. The third-order valence-electron chi connectivity index (χ3n) is 1.45. The molecule has 2 heterocycles. The number of carbonyl (C=O) groups excluding carboxylic acids is 1. The number of hydrogen-bond acceptors (Lipinski definition) is 5. The number of anilines is 1. The lowest BCUT2D eigenvalue weighted by molar-refractivity contribution is 0.101. The number of H-pyrrole nitrogens is 1. The molecule has 6 nitrogen and oxygen atoms in total. The number of rotatable bonds is 2. The van der Waals surface area contributed by atoms with E-state index in [9.17, 15) is 4.79 Å². The van der Waals surface area contributed by atoms with Crippen molar-refractivity contribution in [2.24, 2.45) is 0 Å². The van der Waals surface area contributed by atoms with E-state index in [4.69, 9.17) is 0 Å². The highest BCUT2D eigenvalue weighted by atomic mass is 32.1. The topological polar surface area (TPSA) is 83.6 Å². The van der Waals surface area contributed by atoms with Gasteiger partial charge in [0.05, 0.1) is 0 Å². The van der Waals surface area contributed by atoms with E-state index in [-0.39, 0.29) is 11.7 Å². The highest BCUT2D eigenvalue weighted by Gasteiger charge is 2.11. The van der Waals surface area contributed by atoms with Crippen LogP contribution in [0.4, 0.5) is 5.13 Å². The van der Waals surface area contributed by atoms with E-state index in [1.807, 2.05) is 0 Å². The largest absolute Gasteiger partial charge is 0.297 e. The van der Waals surface area contributed by atoms with Gasteiger partial charge in [-0.3, -0.25) is 15.2 Å². The Bertz CT molecular complexity index is 435. The van der Waals surface area contributed by atoms with Gasteiger partial charge in [0, 0.05) is 11.6 Å². The molecule has 14 heavy (non-hydrogen) atoms. The van der Waals surface area contributed by atoms with Crippen LogP contribution in [0, 0.1) is 6.92 Å². The quantitative estimate of drug-likeness (QED) is 0.767. The Morgan fingerprint density at radius 2 is 2.50 bits per heavy atom. The molecule has 2 rings (SSSR count). The lowest BCUT2D eigenvalue weighted by Gasteiger charge is -1.94. The maximum Gasteiger partial charge on any atom is 0.297 e. The van der Waals surface area contributed by atoms with Gasteiger partial charge in [-0.2, -0.15) is 0 Å². The van der Waals surface area contributed by atoms with Crippen LogP contribution in [0.15, 0.2) is 11.6 Å². The molecule has 0 aliphatic heterocycles. The summed E-state index contributed by atoms with van der Waals surface area (Å²) in [7, 11) is 0. The van der Waals surface area contributed by atoms with Crippen LogP contribution in [-0.2, 0) is 0 Å². The lowest BCUT2D eigenvalue weighted by atomic mass is 10.5. The molecule has 0 aliphatic carbocycles. The number of aromatic amines is 1. The molecule has 1 amide bonds. The summed E-state index contributed by atoms with van der Waals surface area (Å²) in [5.74, 6) is 0.372. The first-order valence-electron chi connectivity index (χ1n) is 3.85. The third-order valence-corrected chi connectivity index (χ3v) is 2.14. The SMILES string of the molecule is Cc1nc(C(=O)Nc2nccs2)n[nH]1. The summed E-state index contributed by atoms with van der Waals surface area (Å²) in [6.45, 7) is 1.73. The molecule has 0 bridgehead atoms. The second-order valence-corrected chi connectivity index (χ2v) is 3.43. The standard InChI is InChI=1S/C7H7N5OS/c1-4-9-5(12-11-4)6(13)10-7-8-2-3-14-7/h2-3H,1H3,(H,8,10,13)(H,9,11,12). The lowest BCUT2D eigenvalue weighted by Crippen LogP contribution is -2.13. The Balaban J connectivity index is 2.10. The van der Waals surface area contributed by atoms with Gasteiger partial charge >= 0.3 is 0 Å². The van der Waals surface area contributed by atoms with E-state index in [1.54, 1.807) is 18.5 Å². The summed E-state index contributed by atoms with van der Waals surface area (Å²) in [6.07, 6.45) is 1.61. The van der Waals surface area contributed by atoms with Gasteiger partial charge < -0.3 is 0 Å². The fourth-order valence-electron chi connectivity index (χ4n) is 0.882. The molecule has 0 radical (unpaired) electrons. The minimum Gasteiger partial charge on any atom is -0.295 e. The fraction of sp³-hybridized carbons (Fsp3) is 0.143. The van der Waals surface area contributed by atoms with E-state index in [1.165, 1.54) is 11.3 Å². The number of thiazole rings is 1. The Morgan fingerprint density at radius 3 is 3.07 bits per heavy atom. The van der Waals surface area contributed by atoms with Gasteiger partial charge in [-0.1, -0.05) is 0 Å². The third kappa shape index (κ3) is 1.77. The van der Waals surface area contributed by atoms with Crippen molar-refractivity contribution in [3.05, 3.63) is 23.2 Å². The average molecular weight is 209 g/mol. The maximum atomic E-state index is 11.4. The molecule has 0 fully saturated rings. The monoisotopic (exact) mass is 209 g/mol. The predicted molar refractivity (Wildman–Crippen MR) is 51.2 cm³/mol. The van der Waals surface area contributed by atoms with Crippen molar-refractivity contribution < 1.29 is 4.79 Å². The number of hydrogen-bond donors (Lipinski definition) is 2. The molecule has 0 unspecified atom stereocenters. The summed E-state index contributed by atoms with van der Waals surface area (Å²) >= 11 is 1.34. The normalized spacial score (nSPS) is 10.1. The van der Waals surface area contributed by atoms with Crippen LogP contribution in [0.3, 0.4) is 0 Å². The van der Waals surface area contributed by atoms with Crippen molar-refractivity contribution in [2.45, 2.75) is 6.92 Å². The number of carbonyl (C=O) groups is 1. The van der Waals surface area contributed by atoms with E-state index in [0.717, 1.165) is 0 Å². The molecule has 0 saturated heterocycles. The van der Waals surface area contributed by atoms with Crippen molar-refractivity contribution in [1.82, 2.24) is 20.2 Å². The van der Waals surface area contributed by atoms with Gasteiger partial charge in [-0.05, 0) is 6.92 Å². The highest BCUT2D eigenvalue weighted by Crippen LogP contribution is 2.10. The van der Waals surface area contributed by atoms with E-state index in [0.29, 0.717) is 11.0 Å². The Labute approximate surface area is 83.4 Å². The van der Waals surface area contributed by atoms with Gasteiger partial charge in [0.1, 0.15) is 5.82 Å². The maximum absolute atomic E-state index is 11.4. The minimum atomic E-state index is -0.357. The summed E-state index contributed by atoms with van der Waals surface area (Å²) in [4.78, 5) is 19.2. The van der Waals surface area contributed by atoms with Crippen molar-refractivity contribution in [3.8, 4) is 0 Å². The molecule has 0 aliphatic rings. The predicted octanol–water partition coefficient (Wildman–Crippen LogP) is 0.822. The van der Waals surface area contributed by atoms with Crippen LogP contribution in [0.2, 0.25) is 0 Å². The van der Waals surface area contributed by atoms with E-state index >= 15 is 0 Å². The molecule has 2 N–H and O–H groups in total. The van der Waals surface area contributed by atoms with Crippen LogP contribution in [0.25, 0.3) is 0 Å². The highest BCUT2D eigenvalue weighted by molar-refractivity contribution is 7.13. The van der Waals surface area contributed by atoms with Gasteiger partial charge in [-0.15, -0.1) is 16.4 Å². The first-order chi connectivity index (χ1) is 6.75. The number of nitrogens with one attached hydrogen (secondary N) is 2. The van der Waals surface area contributed by atoms with Gasteiger partial charge in [0.25, 0.3) is 5.91 Å². The average Bonchev–Trinajstić information content (AvgIpc) is 2.75. The molecule has 0 atom stereocenters. The minimum absolute atomic E-state index is 0.123. The summed E-state index contributed by atoms with van der Waals surface area (Å²) in [5, 5.41) is 11.2. The smallest absolute Gasteiger partial charge is 0.295 e. The first-order valence-corrected chi connectivity index (χ1v) is 4.73. The Kier molecular flexibility index (Phi) is 2.23. The molecule has 2 aromatic rings. The van der Waals surface area contributed by atoms with Crippen LogP contribution in [-0.4, -0.2) is 26.1 Å². The van der Waals surface area contributed by atoms with E-state index in [2.05, 4.69) is 25.5 Å². The van der Waals surface area contributed by atoms with E-state index < -0.39 is 0 Å². The second-order valence-electron chi connectivity index (χ2n) is 2.54. The first kappa shape index (κ1) is 8.82. The second kappa shape index (κ2) is 3.54. The summed E-state index contributed by atoms with van der Waals surface area (Å²) < 4.78 is 0. The molecule has 72 valence electrons. The van der Waals surface area contributed by atoms with Crippen molar-refractivity contribution in [3.63, 3.8) is 0 Å². The fourth-order valence-corrected chi connectivity index (χ4v) is 1.41. The van der Waals surface area contributed by atoms with Gasteiger partial charge in [0.2, 0.25) is 5.82 Å². The van der Waals surface area contributed by atoms with Crippen LogP contribution in [0.5, 0.6) is 0 Å². The van der Waals surface area contributed by atoms with Crippen molar-refractivity contribution in [2.75, 3.05) is 5.32 Å². The van der Waals surface area contributed by atoms with Crippen LogP contribution in [0.1, 0.15) is 16.4 Å². The zero-order valence-corrected chi connectivity index (χ0v) is 8.13. The van der Waals surface area contributed by atoms with Crippen LogP contribution >= 0.6 is 11.3 Å².